The molecule has 0 saturated carbocycles. The number of pyridine rings is 1. The van der Waals surface area contributed by atoms with Gasteiger partial charge in [-0.15, -0.1) is 10.2 Å². The Bertz CT molecular complexity index is 779. The lowest BCUT2D eigenvalue weighted by molar-refractivity contribution is -0.138. The SMILES string of the molecule is CCn1c(SCC(=O)N2CCCC[C@@H]2C(N)=O)nnc1-c1ccncc1. The molecule has 0 spiro atoms. The molecule has 1 atom stereocenters. The molecule has 2 aromatic heterocycles. The van der Waals surface area contributed by atoms with Gasteiger partial charge in [-0.1, -0.05) is 11.8 Å². The average molecular weight is 374 g/mol. The molecule has 26 heavy (non-hydrogen) atoms. The Hall–Kier alpha value is -2.42. The fraction of sp³-hybridized carbons (Fsp3) is 0.471. The zero-order valence-electron chi connectivity index (χ0n) is 14.7. The van der Waals surface area contributed by atoms with E-state index in [0.717, 1.165) is 24.2 Å². The Morgan fingerprint density at radius 2 is 2.04 bits per heavy atom. The summed E-state index contributed by atoms with van der Waals surface area (Å²) < 4.78 is 1.97. The Labute approximate surface area is 156 Å². The molecular weight excluding hydrogens is 352 g/mol. The molecule has 0 bridgehead atoms. The van der Waals surface area contributed by atoms with Crippen LogP contribution in [0.15, 0.2) is 29.7 Å². The molecule has 2 N–H and O–H groups in total. The summed E-state index contributed by atoms with van der Waals surface area (Å²) in [4.78, 5) is 29.8. The van der Waals surface area contributed by atoms with E-state index in [1.54, 1.807) is 17.3 Å². The molecule has 0 unspecified atom stereocenters. The van der Waals surface area contributed by atoms with Crippen molar-refractivity contribution in [3.05, 3.63) is 24.5 Å². The van der Waals surface area contributed by atoms with Crippen molar-refractivity contribution in [1.82, 2.24) is 24.6 Å². The number of rotatable bonds is 6. The maximum atomic E-state index is 12.6. The molecule has 1 aliphatic rings. The first kappa shape index (κ1) is 18.4. The van der Waals surface area contributed by atoms with Crippen LogP contribution in [0.2, 0.25) is 0 Å². The van der Waals surface area contributed by atoms with Crippen molar-refractivity contribution in [3.8, 4) is 11.4 Å². The second-order valence-electron chi connectivity index (χ2n) is 6.08. The predicted molar refractivity (Wildman–Crippen MR) is 98.2 cm³/mol. The van der Waals surface area contributed by atoms with Crippen molar-refractivity contribution in [1.29, 1.82) is 0 Å². The number of amides is 2. The van der Waals surface area contributed by atoms with Gasteiger partial charge in [0.2, 0.25) is 11.8 Å². The lowest BCUT2D eigenvalue weighted by atomic mass is 10.0. The molecule has 2 aromatic rings. The van der Waals surface area contributed by atoms with Gasteiger partial charge in [0, 0.05) is 31.0 Å². The maximum absolute atomic E-state index is 12.6. The van der Waals surface area contributed by atoms with Crippen LogP contribution in [-0.4, -0.2) is 54.8 Å². The summed E-state index contributed by atoms with van der Waals surface area (Å²) in [6, 6.07) is 3.26. The minimum Gasteiger partial charge on any atom is -0.368 e. The largest absolute Gasteiger partial charge is 0.368 e. The van der Waals surface area contributed by atoms with Crippen LogP contribution >= 0.6 is 11.8 Å². The molecule has 0 radical (unpaired) electrons. The van der Waals surface area contributed by atoms with Gasteiger partial charge < -0.3 is 15.2 Å². The summed E-state index contributed by atoms with van der Waals surface area (Å²) in [7, 11) is 0. The van der Waals surface area contributed by atoms with Crippen molar-refractivity contribution < 1.29 is 9.59 Å². The number of hydrogen-bond donors (Lipinski definition) is 1. The molecule has 1 saturated heterocycles. The summed E-state index contributed by atoms with van der Waals surface area (Å²) in [5.41, 5.74) is 6.37. The van der Waals surface area contributed by atoms with Crippen LogP contribution < -0.4 is 5.73 Å². The van der Waals surface area contributed by atoms with Gasteiger partial charge in [-0.25, -0.2) is 0 Å². The number of nitrogens with two attached hydrogens (primary N) is 1. The lowest BCUT2D eigenvalue weighted by Gasteiger charge is -2.33. The molecule has 1 fully saturated rings. The van der Waals surface area contributed by atoms with E-state index in [1.165, 1.54) is 11.8 Å². The molecule has 0 aromatic carbocycles. The number of piperidine rings is 1. The number of aromatic nitrogens is 4. The predicted octanol–water partition coefficient (Wildman–Crippen LogP) is 1.32. The van der Waals surface area contributed by atoms with E-state index in [4.69, 9.17) is 5.73 Å². The Kier molecular flexibility index (Phi) is 5.87. The molecular formula is C17H22N6O2S. The molecule has 8 nitrogen and oxygen atoms in total. The van der Waals surface area contributed by atoms with Crippen LogP contribution in [0.4, 0.5) is 0 Å². The van der Waals surface area contributed by atoms with E-state index >= 15 is 0 Å². The quantitative estimate of drug-likeness (QED) is 0.764. The molecule has 2 amide bonds. The van der Waals surface area contributed by atoms with Crippen molar-refractivity contribution >= 4 is 23.6 Å². The van der Waals surface area contributed by atoms with Crippen molar-refractivity contribution in [2.45, 2.75) is 43.9 Å². The average Bonchev–Trinajstić information content (AvgIpc) is 3.09. The Morgan fingerprint density at radius 1 is 1.27 bits per heavy atom. The normalized spacial score (nSPS) is 17.3. The van der Waals surface area contributed by atoms with Gasteiger partial charge in [-0.05, 0) is 38.3 Å². The second-order valence-corrected chi connectivity index (χ2v) is 7.02. The summed E-state index contributed by atoms with van der Waals surface area (Å²) in [6.07, 6.45) is 5.88. The van der Waals surface area contributed by atoms with Crippen LogP contribution in [0.5, 0.6) is 0 Å². The summed E-state index contributed by atoms with van der Waals surface area (Å²) >= 11 is 1.33. The maximum Gasteiger partial charge on any atom is 0.240 e. The van der Waals surface area contributed by atoms with Crippen LogP contribution in [0, 0.1) is 0 Å². The third kappa shape index (κ3) is 3.87. The third-order valence-corrected chi connectivity index (χ3v) is 5.40. The topological polar surface area (TPSA) is 107 Å². The first-order chi connectivity index (χ1) is 12.6. The van der Waals surface area contributed by atoms with E-state index in [0.29, 0.717) is 24.7 Å². The van der Waals surface area contributed by atoms with Crippen LogP contribution in [0.1, 0.15) is 26.2 Å². The molecule has 9 heteroatoms. The van der Waals surface area contributed by atoms with Gasteiger partial charge in [-0.3, -0.25) is 14.6 Å². The van der Waals surface area contributed by atoms with Gasteiger partial charge in [0.25, 0.3) is 0 Å². The summed E-state index contributed by atoms with van der Waals surface area (Å²) in [6.45, 7) is 3.28. The van der Waals surface area contributed by atoms with Crippen LogP contribution in [-0.2, 0) is 16.1 Å². The number of carbonyl (C=O) groups is 2. The van der Waals surface area contributed by atoms with E-state index in [-0.39, 0.29) is 11.7 Å². The highest BCUT2D eigenvalue weighted by molar-refractivity contribution is 7.99. The Balaban J connectivity index is 1.71. The molecule has 3 rings (SSSR count). The van der Waals surface area contributed by atoms with Crippen molar-refractivity contribution in [2.24, 2.45) is 5.73 Å². The van der Waals surface area contributed by atoms with Crippen molar-refractivity contribution in [3.63, 3.8) is 0 Å². The molecule has 138 valence electrons. The van der Waals surface area contributed by atoms with Gasteiger partial charge in [-0.2, -0.15) is 0 Å². The first-order valence-electron chi connectivity index (χ1n) is 8.67. The van der Waals surface area contributed by atoms with E-state index in [9.17, 15) is 9.59 Å². The smallest absolute Gasteiger partial charge is 0.240 e. The van der Waals surface area contributed by atoms with Gasteiger partial charge >= 0.3 is 0 Å². The lowest BCUT2D eigenvalue weighted by Crippen LogP contribution is -2.51. The number of hydrogen-bond acceptors (Lipinski definition) is 6. The number of carbonyl (C=O) groups excluding carboxylic acids is 2. The van der Waals surface area contributed by atoms with E-state index in [1.807, 2.05) is 23.6 Å². The minimum atomic E-state index is -0.492. The van der Waals surface area contributed by atoms with Crippen LogP contribution in [0.3, 0.4) is 0 Å². The highest BCUT2D eigenvalue weighted by atomic mass is 32.2. The number of likely N-dealkylation sites (tertiary alicyclic amines) is 1. The number of nitrogens with zero attached hydrogens (tertiary/aromatic N) is 5. The molecule has 3 heterocycles. The number of primary amides is 1. The van der Waals surface area contributed by atoms with Crippen molar-refractivity contribution in [2.75, 3.05) is 12.3 Å². The molecule has 0 aliphatic carbocycles. The monoisotopic (exact) mass is 374 g/mol. The first-order valence-corrected chi connectivity index (χ1v) is 9.65. The molecule has 1 aliphatic heterocycles. The van der Waals surface area contributed by atoms with Gasteiger partial charge in [0.15, 0.2) is 11.0 Å². The fourth-order valence-electron chi connectivity index (χ4n) is 3.13. The summed E-state index contributed by atoms with van der Waals surface area (Å²) in [5.74, 6) is 0.435. The minimum absolute atomic E-state index is 0.0883. The highest BCUT2D eigenvalue weighted by Crippen LogP contribution is 2.25. The third-order valence-electron chi connectivity index (χ3n) is 4.45. The van der Waals surface area contributed by atoms with Crippen LogP contribution in [0.25, 0.3) is 11.4 Å². The number of thioether (sulfide) groups is 1. The summed E-state index contributed by atoms with van der Waals surface area (Å²) in [5, 5.41) is 9.16. The van der Waals surface area contributed by atoms with Gasteiger partial charge in [0.05, 0.1) is 5.75 Å². The zero-order valence-corrected chi connectivity index (χ0v) is 15.5. The van der Waals surface area contributed by atoms with Gasteiger partial charge in [0.1, 0.15) is 6.04 Å². The zero-order chi connectivity index (χ0) is 18.5. The van der Waals surface area contributed by atoms with E-state index < -0.39 is 11.9 Å². The standard InChI is InChI=1S/C17H22N6O2S/c1-2-22-16(12-6-8-19-9-7-12)20-21-17(22)26-11-14(24)23-10-4-3-5-13(23)15(18)25/h6-9,13H,2-5,10-11H2,1H3,(H2,18,25)/t13-/m1/s1. The fourth-order valence-corrected chi connectivity index (χ4v) is 4.02. The second kappa shape index (κ2) is 8.31. The highest BCUT2D eigenvalue weighted by Gasteiger charge is 2.30. The van der Waals surface area contributed by atoms with E-state index in [2.05, 4.69) is 15.2 Å². The Morgan fingerprint density at radius 3 is 2.73 bits per heavy atom.